The Morgan fingerprint density at radius 1 is 0.365 bits per heavy atom. The van der Waals surface area contributed by atoms with E-state index in [1.54, 1.807) is 0 Å². The average Bonchev–Trinajstić information content (AvgIpc) is 3.44. The van der Waals surface area contributed by atoms with Crippen molar-refractivity contribution in [2.45, 2.75) is 19.3 Å². The van der Waals surface area contributed by atoms with Crippen LogP contribution in [0.2, 0.25) is 0 Å². The van der Waals surface area contributed by atoms with Crippen molar-refractivity contribution in [1.82, 2.24) is 0 Å². The lowest BCUT2D eigenvalue weighted by molar-refractivity contribution is 0.660. The smallest absolute Gasteiger partial charge is 0.0540 e. The molecule has 9 aromatic carbocycles. The highest BCUT2D eigenvalue weighted by Gasteiger charge is 2.36. The van der Waals surface area contributed by atoms with Crippen LogP contribution in [0.3, 0.4) is 0 Å². The summed E-state index contributed by atoms with van der Waals surface area (Å²) in [7, 11) is 0. The molecule has 0 unspecified atom stereocenters. The van der Waals surface area contributed by atoms with E-state index in [-0.39, 0.29) is 5.41 Å². The molecule has 246 valence electrons. The molecule has 1 heteroatoms. The van der Waals surface area contributed by atoms with Crippen molar-refractivity contribution in [3.05, 3.63) is 199 Å². The maximum atomic E-state index is 2.43. The number of anilines is 3. The highest BCUT2D eigenvalue weighted by Crippen LogP contribution is 2.53. The summed E-state index contributed by atoms with van der Waals surface area (Å²) in [6, 6.07) is 69.2. The highest BCUT2D eigenvalue weighted by molar-refractivity contribution is 6.09. The van der Waals surface area contributed by atoms with Crippen LogP contribution < -0.4 is 4.90 Å². The number of rotatable bonds is 5. The van der Waals surface area contributed by atoms with Gasteiger partial charge in [-0.05, 0) is 102 Å². The Kier molecular flexibility index (Phi) is 6.91. The molecular weight excluding hydrogens is 627 g/mol. The molecule has 0 saturated heterocycles. The molecule has 0 fully saturated rings. The third-order valence-corrected chi connectivity index (χ3v) is 11.3. The Morgan fingerprint density at radius 3 is 1.81 bits per heavy atom. The fourth-order valence-corrected chi connectivity index (χ4v) is 8.70. The second kappa shape index (κ2) is 11.8. The maximum Gasteiger partial charge on any atom is 0.0540 e. The summed E-state index contributed by atoms with van der Waals surface area (Å²) in [4.78, 5) is 2.43. The molecule has 0 atom stereocenters. The molecular formula is C51H37N. The first-order chi connectivity index (χ1) is 25.6. The van der Waals surface area contributed by atoms with Gasteiger partial charge in [-0.15, -0.1) is 0 Å². The quantitative estimate of drug-likeness (QED) is 0.177. The molecule has 1 nitrogen and oxygen atoms in total. The lowest BCUT2D eigenvalue weighted by atomic mass is 9.82. The summed E-state index contributed by atoms with van der Waals surface area (Å²) < 4.78 is 0. The van der Waals surface area contributed by atoms with E-state index in [9.17, 15) is 0 Å². The molecule has 1 aliphatic rings. The van der Waals surface area contributed by atoms with Crippen LogP contribution in [-0.2, 0) is 5.41 Å². The van der Waals surface area contributed by atoms with Crippen molar-refractivity contribution in [3.8, 4) is 33.4 Å². The van der Waals surface area contributed by atoms with Gasteiger partial charge in [0.1, 0.15) is 0 Å². The molecule has 1 aliphatic carbocycles. The van der Waals surface area contributed by atoms with Crippen molar-refractivity contribution in [3.63, 3.8) is 0 Å². The van der Waals surface area contributed by atoms with Gasteiger partial charge in [0.05, 0.1) is 5.69 Å². The van der Waals surface area contributed by atoms with E-state index in [1.165, 1.54) is 76.8 Å². The van der Waals surface area contributed by atoms with E-state index in [0.29, 0.717) is 0 Å². The Bertz CT molecular complexity index is 2820. The third-order valence-electron chi connectivity index (χ3n) is 11.3. The van der Waals surface area contributed by atoms with E-state index in [4.69, 9.17) is 0 Å². The van der Waals surface area contributed by atoms with Crippen LogP contribution in [0.5, 0.6) is 0 Å². The number of fused-ring (bicyclic) bond motifs is 6. The van der Waals surface area contributed by atoms with Crippen molar-refractivity contribution >= 4 is 49.4 Å². The Labute approximate surface area is 305 Å². The lowest BCUT2D eigenvalue weighted by Gasteiger charge is -2.28. The van der Waals surface area contributed by atoms with Crippen LogP contribution in [0.4, 0.5) is 17.1 Å². The summed E-state index contributed by atoms with van der Waals surface area (Å²) in [6.45, 7) is 4.71. The third kappa shape index (κ3) is 4.70. The van der Waals surface area contributed by atoms with Crippen molar-refractivity contribution in [1.29, 1.82) is 0 Å². The van der Waals surface area contributed by atoms with Crippen LogP contribution in [0.25, 0.3) is 65.7 Å². The van der Waals surface area contributed by atoms with Gasteiger partial charge < -0.3 is 4.90 Å². The van der Waals surface area contributed by atoms with Crippen molar-refractivity contribution < 1.29 is 0 Å². The monoisotopic (exact) mass is 663 g/mol. The maximum absolute atomic E-state index is 2.43. The van der Waals surface area contributed by atoms with Crippen LogP contribution >= 0.6 is 0 Å². The molecule has 0 N–H and O–H groups in total. The van der Waals surface area contributed by atoms with Gasteiger partial charge in [-0.25, -0.2) is 0 Å². The molecule has 0 aromatic heterocycles. The van der Waals surface area contributed by atoms with Gasteiger partial charge in [0.25, 0.3) is 0 Å². The van der Waals surface area contributed by atoms with Crippen LogP contribution in [-0.4, -0.2) is 0 Å². The zero-order valence-corrected chi connectivity index (χ0v) is 29.3. The van der Waals surface area contributed by atoms with Gasteiger partial charge in [-0.3, -0.25) is 0 Å². The fraction of sp³-hybridized carbons (Fsp3) is 0.0588. The minimum atomic E-state index is -0.0528. The number of benzene rings is 9. The zero-order chi connectivity index (χ0) is 34.8. The van der Waals surface area contributed by atoms with Crippen molar-refractivity contribution in [2.24, 2.45) is 0 Å². The molecule has 10 rings (SSSR count). The van der Waals surface area contributed by atoms with Crippen LogP contribution in [0, 0.1) is 0 Å². The first-order valence-electron chi connectivity index (χ1n) is 18.2. The standard InChI is InChI=1S/C51H37N/c1-51(2)47-23-10-9-20-46(47)50-45(22-12-24-48(50)51)43-31-32-49(44-19-8-7-18-42(43)44)52(39-30-25-34-13-3-4-15-37(34)33-39)38-28-26-36(27-29-38)41-21-11-16-35-14-5-6-17-40(35)41/h3-33H,1-2H3. The Morgan fingerprint density at radius 2 is 0.962 bits per heavy atom. The average molecular weight is 664 g/mol. The van der Waals surface area contributed by atoms with Gasteiger partial charge in [-0.2, -0.15) is 0 Å². The lowest BCUT2D eigenvalue weighted by Crippen LogP contribution is -2.14. The van der Waals surface area contributed by atoms with E-state index >= 15 is 0 Å². The topological polar surface area (TPSA) is 3.24 Å². The highest BCUT2D eigenvalue weighted by atomic mass is 15.1. The number of hydrogen-bond acceptors (Lipinski definition) is 1. The first-order valence-corrected chi connectivity index (χ1v) is 18.2. The predicted molar refractivity (Wildman–Crippen MR) is 222 cm³/mol. The molecule has 0 heterocycles. The van der Waals surface area contributed by atoms with E-state index in [1.807, 2.05) is 0 Å². The zero-order valence-electron chi connectivity index (χ0n) is 29.3. The summed E-state index contributed by atoms with van der Waals surface area (Å²) in [5.74, 6) is 0. The van der Waals surface area contributed by atoms with E-state index in [0.717, 1.165) is 17.1 Å². The number of hydrogen-bond donors (Lipinski definition) is 0. The first kappa shape index (κ1) is 30.4. The van der Waals surface area contributed by atoms with Gasteiger partial charge in [-0.1, -0.05) is 172 Å². The van der Waals surface area contributed by atoms with E-state index in [2.05, 4.69) is 207 Å². The Balaban J connectivity index is 1.17. The molecule has 0 amide bonds. The molecule has 0 aliphatic heterocycles. The molecule has 0 bridgehead atoms. The summed E-state index contributed by atoms with van der Waals surface area (Å²) in [5.41, 5.74) is 13.8. The molecule has 52 heavy (non-hydrogen) atoms. The van der Waals surface area contributed by atoms with Crippen molar-refractivity contribution in [2.75, 3.05) is 4.90 Å². The summed E-state index contributed by atoms with van der Waals surface area (Å²) in [6.07, 6.45) is 0. The van der Waals surface area contributed by atoms with Gasteiger partial charge >= 0.3 is 0 Å². The minimum absolute atomic E-state index is 0.0528. The predicted octanol–water partition coefficient (Wildman–Crippen LogP) is 14.3. The van der Waals surface area contributed by atoms with Gasteiger partial charge in [0.15, 0.2) is 0 Å². The summed E-state index contributed by atoms with van der Waals surface area (Å²) in [5, 5.41) is 7.44. The molecule has 0 radical (unpaired) electrons. The molecule has 9 aromatic rings. The van der Waals surface area contributed by atoms with Crippen LogP contribution in [0.1, 0.15) is 25.0 Å². The minimum Gasteiger partial charge on any atom is -0.310 e. The number of nitrogens with zero attached hydrogens (tertiary/aromatic N) is 1. The Hall–Kier alpha value is -6.44. The largest absolute Gasteiger partial charge is 0.310 e. The second-order valence-corrected chi connectivity index (χ2v) is 14.5. The summed E-state index contributed by atoms with van der Waals surface area (Å²) >= 11 is 0. The molecule has 0 saturated carbocycles. The fourth-order valence-electron chi connectivity index (χ4n) is 8.70. The van der Waals surface area contributed by atoms with Crippen LogP contribution in [0.15, 0.2) is 188 Å². The van der Waals surface area contributed by atoms with E-state index < -0.39 is 0 Å². The van der Waals surface area contributed by atoms with Gasteiger partial charge in [0, 0.05) is 22.2 Å². The normalized spacial score (nSPS) is 13.0. The molecule has 0 spiro atoms. The SMILES string of the molecule is CC1(C)c2ccccc2-c2c(-c3ccc(N(c4ccc(-c5cccc6ccccc56)cc4)c4ccc5ccccc5c4)c4ccccc34)cccc21. The second-order valence-electron chi connectivity index (χ2n) is 14.5. The van der Waals surface area contributed by atoms with Gasteiger partial charge in [0.2, 0.25) is 0 Å².